The van der Waals surface area contributed by atoms with Gasteiger partial charge in [-0.25, -0.2) is 0 Å². The number of methoxy groups -OCH3 is 1. The highest BCUT2D eigenvalue weighted by Crippen LogP contribution is 2.31. The van der Waals surface area contributed by atoms with Crippen LogP contribution in [-0.2, 0) is 4.79 Å². The van der Waals surface area contributed by atoms with Crippen LogP contribution in [0.3, 0.4) is 0 Å². The van der Waals surface area contributed by atoms with Gasteiger partial charge in [0.05, 0.1) is 12.0 Å². The highest BCUT2D eigenvalue weighted by atomic mass is 32.2. The molecule has 1 fully saturated rings. The first-order chi connectivity index (χ1) is 14.5. The Labute approximate surface area is 181 Å². The molecule has 2 heterocycles. The van der Waals surface area contributed by atoms with E-state index in [1.807, 2.05) is 44.4 Å². The van der Waals surface area contributed by atoms with Gasteiger partial charge in [0.25, 0.3) is 5.91 Å². The van der Waals surface area contributed by atoms with Crippen molar-refractivity contribution >= 4 is 40.3 Å². The summed E-state index contributed by atoms with van der Waals surface area (Å²) >= 11 is 1.47. The van der Waals surface area contributed by atoms with Crippen molar-refractivity contribution in [3.63, 3.8) is 0 Å². The van der Waals surface area contributed by atoms with Gasteiger partial charge >= 0.3 is 0 Å². The van der Waals surface area contributed by atoms with Gasteiger partial charge in [0.2, 0.25) is 0 Å². The number of piperazine rings is 1. The molecule has 6 nitrogen and oxygen atoms in total. The van der Waals surface area contributed by atoms with Crippen LogP contribution in [0.25, 0.3) is 6.08 Å². The van der Waals surface area contributed by atoms with Crippen molar-refractivity contribution in [2.75, 3.05) is 57.2 Å². The summed E-state index contributed by atoms with van der Waals surface area (Å²) in [6.45, 7) is 3.47. The predicted molar refractivity (Wildman–Crippen MR) is 126 cm³/mol. The number of aliphatic imine (C=N–C) groups is 1. The molecule has 2 aromatic rings. The van der Waals surface area contributed by atoms with E-state index < -0.39 is 0 Å². The summed E-state index contributed by atoms with van der Waals surface area (Å²) in [5.74, 6) is 0.715. The molecule has 30 heavy (non-hydrogen) atoms. The molecular formula is C23H26N4O2S. The Morgan fingerprint density at radius 2 is 1.60 bits per heavy atom. The molecule has 156 valence electrons. The molecule has 0 saturated carbocycles. The Bertz CT molecular complexity index is 960. The number of amidine groups is 1. The Morgan fingerprint density at radius 1 is 0.967 bits per heavy atom. The molecule has 0 bridgehead atoms. The zero-order valence-electron chi connectivity index (χ0n) is 17.5. The van der Waals surface area contributed by atoms with Crippen molar-refractivity contribution in [1.82, 2.24) is 4.90 Å². The van der Waals surface area contributed by atoms with Gasteiger partial charge in [-0.1, -0.05) is 12.1 Å². The molecule has 0 aromatic heterocycles. The normalized spacial score (nSPS) is 18.0. The Hall–Kier alpha value is -2.93. The lowest BCUT2D eigenvalue weighted by Gasteiger charge is -2.36. The minimum Gasteiger partial charge on any atom is -0.497 e. The number of carbonyl (C=O) groups excluding carboxylic acids is 1. The van der Waals surface area contributed by atoms with Gasteiger partial charge in [-0.15, -0.1) is 0 Å². The average molecular weight is 423 g/mol. The third-order valence-electron chi connectivity index (χ3n) is 5.30. The molecule has 1 saturated heterocycles. The largest absolute Gasteiger partial charge is 0.497 e. The van der Waals surface area contributed by atoms with E-state index in [1.54, 1.807) is 7.11 Å². The Balaban J connectivity index is 1.36. The number of rotatable bonds is 4. The van der Waals surface area contributed by atoms with Crippen molar-refractivity contribution in [2.45, 2.75) is 0 Å². The molecule has 0 radical (unpaired) electrons. The van der Waals surface area contributed by atoms with Crippen molar-refractivity contribution in [3.8, 4) is 5.75 Å². The summed E-state index contributed by atoms with van der Waals surface area (Å²) in [6, 6.07) is 16.3. The number of amides is 1. The number of hydrogen-bond acceptors (Lipinski definition) is 6. The lowest BCUT2D eigenvalue weighted by Crippen LogP contribution is -2.47. The van der Waals surface area contributed by atoms with E-state index in [4.69, 9.17) is 4.74 Å². The molecule has 2 aromatic carbocycles. The minimum atomic E-state index is -0.149. The zero-order chi connectivity index (χ0) is 21.1. The summed E-state index contributed by atoms with van der Waals surface area (Å²) in [4.78, 5) is 24.0. The van der Waals surface area contributed by atoms with E-state index in [0.717, 1.165) is 48.3 Å². The number of hydrogen-bond donors (Lipinski definition) is 0. The molecule has 0 atom stereocenters. The molecule has 2 aliphatic rings. The fourth-order valence-electron chi connectivity index (χ4n) is 3.50. The smallest absolute Gasteiger partial charge is 0.286 e. The molecule has 1 amide bonds. The van der Waals surface area contributed by atoms with E-state index in [1.165, 1.54) is 17.4 Å². The SMILES string of the molecule is COc1ccc(N2CCN(C3=NC(=O)C(=Cc4ccc(N(C)C)cc4)S3)CC2)cc1. The molecule has 0 spiro atoms. The quantitative estimate of drug-likeness (QED) is 0.703. The fraction of sp³-hybridized carbons (Fsp3) is 0.304. The minimum absolute atomic E-state index is 0.149. The first-order valence-corrected chi connectivity index (χ1v) is 10.8. The predicted octanol–water partition coefficient (Wildman–Crippen LogP) is 3.55. The number of carbonyl (C=O) groups is 1. The van der Waals surface area contributed by atoms with Crippen LogP contribution in [0.2, 0.25) is 0 Å². The zero-order valence-corrected chi connectivity index (χ0v) is 18.4. The summed E-state index contributed by atoms with van der Waals surface area (Å²) < 4.78 is 5.24. The average Bonchev–Trinajstić information content (AvgIpc) is 3.14. The summed E-state index contributed by atoms with van der Waals surface area (Å²) in [5, 5.41) is 0.811. The lowest BCUT2D eigenvalue weighted by molar-refractivity contribution is -0.113. The number of ether oxygens (including phenoxy) is 1. The standard InChI is InChI=1S/C23H26N4O2S/c1-25(2)18-6-4-17(5-7-18)16-21-22(28)24-23(30-21)27-14-12-26(13-15-27)19-8-10-20(29-3)11-9-19/h4-11,16H,12-15H2,1-3H3. The van der Waals surface area contributed by atoms with E-state index in [2.05, 4.69) is 44.0 Å². The van der Waals surface area contributed by atoms with E-state index >= 15 is 0 Å². The van der Waals surface area contributed by atoms with Gasteiger partial charge in [-0.3, -0.25) is 4.79 Å². The third-order valence-corrected chi connectivity index (χ3v) is 6.35. The monoisotopic (exact) mass is 422 g/mol. The van der Waals surface area contributed by atoms with Crippen LogP contribution in [-0.4, -0.2) is 63.4 Å². The lowest BCUT2D eigenvalue weighted by atomic mass is 10.2. The molecule has 0 unspecified atom stereocenters. The molecule has 2 aliphatic heterocycles. The fourth-order valence-corrected chi connectivity index (χ4v) is 4.47. The highest BCUT2D eigenvalue weighted by Gasteiger charge is 2.28. The second kappa shape index (κ2) is 8.83. The van der Waals surface area contributed by atoms with Gasteiger partial charge in [0.1, 0.15) is 5.75 Å². The molecule has 0 aliphatic carbocycles. The van der Waals surface area contributed by atoms with E-state index in [0.29, 0.717) is 4.91 Å². The number of anilines is 2. The van der Waals surface area contributed by atoms with Gasteiger partial charge in [-0.2, -0.15) is 4.99 Å². The van der Waals surface area contributed by atoms with Gasteiger partial charge < -0.3 is 19.4 Å². The Morgan fingerprint density at radius 3 is 2.20 bits per heavy atom. The van der Waals surface area contributed by atoms with Gasteiger partial charge in [0, 0.05) is 51.6 Å². The first-order valence-electron chi connectivity index (χ1n) is 9.97. The topological polar surface area (TPSA) is 48.4 Å². The second-order valence-corrected chi connectivity index (χ2v) is 8.48. The molecule has 4 rings (SSSR count). The maximum atomic E-state index is 12.4. The number of thioether (sulfide) groups is 1. The van der Waals surface area contributed by atoms with Crippen LogP contribution in [0.5, 0.6) is 5.75 Å². The van der Waals surface area contributed by atoms with Crippen LogP contribution < -0.4 is 14.5 Å². The van der Waals surface area contributed by atoms with Crippen molar-refractivity contribution in [2.24, 2.45) is 4.99 Å². The highest BCUT2D eigenvalue weighted by molar-refractivity contribution is 8.18. The van der Waals surface area contributed by atoms with Gasteiger partial charge in [0.15, 0.2) is 5.17 Å². The van der Waals surface area contributed by atoms with Crippen LogP contribution in [0.15, 0.2) is 58.4 Å². The van der Waals surface area contributed by atoms with E-state index in [-0.39, 0.29) is 5.91 Å². The summed E-state index contributed by atoms with van der Waals surface area (Å²) in [7, 11) is 5.70. The number of nitrogens with zero attached hydrogens (tertiary/aromatic N) is 4. The molecule has 7 heteroatoms. The second-order valence-electron chi connectivity index (χ2n) is 7.47. The number of benzene rings is 2. The maximum absolute atomic E-state index is 12.4. The van der Waals surface area contributed by atoms with Gasteiger partial charge in [-0.05, 0) is 59.8 Å². The van der Waals surface area contributed by atoms with Crippen molar-refractivity contribution in [3.05, 3.63) is 59.0 Å². The maximum Gasteiger partial charge on any atom is 0.286 e. The summed E-state index contributed by atoms with van der Waals surface area (Å²) in [6.07, 6.45) is 1.93. The summed E-state index contributed by atoms with van der Waals surface area (Å²) in [5.41, 5.74) is 3.33. The van der Waals surface area contributed by atoms with Crippen LogP contribution in [0.1, 0.15) is 5.56 Å². The van der Waals surface area contributed by atoms with Crippen molar-refractivity contribution < 1.29 is 9.53 Å². The van der Waals surface area contributed by atoms with Crippen LogP contribution >= 0.6 is 11.8 Å². The van der Waals surface area contributed by atoms with Crippen LogP contribution in [0, 0.1) is 0 Å². The van der Waals surface area contributed by atoms with E-state index in [9.17, 15) is 4.79 Å². The first kappa shape index (κ1) is 20.3. The van der Waals surface area contributed by atoms with Crippen LogP contribution in [0.4, 0.5) is 11.4 Å². The Kier molecular flexibility index (Phi) is 5.99. The molecule has 0 N–H and O–H groups in total. The third kappa shape index (κ3) is 4.46. The van der Waals surface area contributed by atoms with Crippen molar-refractivity contribution in [1.29, 1.82) is 0 Å². The molecular weight excluding hydrogens is 396 g/mol.